The van der Waals surface area contributed by atoms with Crippen molar-refractivity contribution in [3.05, 3.63) is 0 Å². The van der Waals surface area contributed by atoms with Gasteiger partial charge in [0.05, 0.1) is 0 Å². The number of hydrogen-bond donors (Lipinski definition) is 5. The molecule has 0 fully saturated rings. The highest BCUT2D eigenvalue weighted by molar-refractivity contribution is 6.27. The Morgan fingerprint density at radius 1 is 1.00 bits per heavy atom. The first-order valence-corrected chi connectivity index (χ1v) is 3.35. The molecule has 7 heteroatoms. The van der Waals surface area contributed by atoms with E-state index in [0.29, 0.717) is 0 Å². The van der Waals surface area contributed by atoms with Gasteiger partial charge >= 0.3 is 11.9 Å². The highest BCUT2D eigenvalue weighted by Gasteiger charge is 2.04. The molecule has 0 spiro atoms. The number of nitrogens with one attached hydrogen (secondary N) is 1. The fraction of sp³-hybridized carbons (Fsp3) is 0.667. The largest absolute Gasteiger partial charge is 0.473 e. The van der Waals surface area contributed by atoms with Gasteiger partial charge in [-0.25, -0.2) is 9.59 Å². The van der Waals surface area contributed by atoms with Gasteiger partial charge in [-0.2, -0.15) is 0 Å². The zero-order valence-electron chi connectivity index (χ0n) is 7.26. The van der Waals surface area contributed by atoms with Crippen molar-refractivity contribution in [2.24, 2.45) is 0 Å². The highest BCUT2D eigenvalue weighted by atomic mass is 16.4. The first kappa shape index (κ1) is 14.3. The topological polar surface area (TPSA) is 127 Å². The predicted molar refractivity (Wildman–Crippen MR) is 41.8 cm³/mol. The van der Waals surface area contributed by atoms with E-state index >= 15 is 0 Å². The van der Waals surface area contributed by atoms with Gasteiger partial charge in [-0.05, 0) is 13.8 Å². The van der Waals surface area contributed by atoms with Gasteiger partial charge < -0.3 is 20.4 Å². The number of carboxylic acid groups (broad SMARTS) is 2. The number of aliphatic carboxylic acids is 2. The quantitative estimate of drug-likeness (QED) is 0.265. The summed E-state index contributed by atoms with van der Waals surface area (Å²) in [6.45, 7) is 3.10. The minimum Gasteiger partial charge on any atom is -0.473 e. The molecule has 7 nitrogen and oxygen atoms in total. The van der Waals surface area contributed by atoms with E-state index in [0.717, 1.165) is 0 Å². The maximum Gasteiger partial charge on any atom is 0.414 e. The maximum absolute atomic E-state index is 9.10. The molecule has 0 aromatic carbocycles. The lowest BCUT2D eigenvalue weighted by Crippen LogP contribution is -2.33. The van der Waals surface area contributed by atoms with Gasteiger partial charge in [0, 0.05) is 0 Å². The Labute approximate surface area is 74.6 Å². The van der Waals surface area contributed by atoms with Crippen LogP contribution < -0.4 is 5.32 Å². The van der Waals surface area contributed by atoms with Crippen LogP contribution in [-0.4, -0.2) is 44.8 Å². The van der Waals surface area contributed by atoms with Crippen LogP contribution in [-0.2, 0) is 9.59 Å². The summed E-state index contributed by atoms with van der Waals surface area (Å²) in [5.74, 6) is -3.65. The Hall–Kier alpha value is -1.18. The Balaban J connectivity index is 0. The lowest BCUT2D eigenvalue weighted by atomic mass is 10.6. The van der Waals surface area contributed by atoms with E-state index in [9.17, 15) is 0 Å². The van der Waals surface area contributed by atoms with E-state index in [1.54, 1.807) is 13.8 Å². The number of carboxylic acids is 2. The van der Waals surface area contributed by atoms with Crippen molar-refractivity contribution in [3.8, 4) is 0 Å². The fourth-order valence-corrected chi connectivity index (χ4v) is 0.349. The molecule has 0 heterocycles. The minimum atomic E-state index is -1.82. The number of carbonyl (C=O) groups is 2. The molecule has 0 bridgehead atoms. The van der Waals surface area contributed by atoms with Crippen LogP contribution in [0.4, 0.5) is 0 Å². The van der Waals surface area contributed by atoms with Crippen LogP contribution in [0.1, 0.15) is 13.8 Å². The molecule has 0 aliphatic heterocycles. The molecule has 13 heavy (non-hydrogen) atoms. The zero-order chi connectivity index (χ0) is 11.0. The molecule has 0 aliphatic rings. The maximum atomic E-state index is 9.10. The van der Waals surface area contributed by atoms with E-state index in [-0.39, 0.29) is 0 Å². The van der Waals surface area contributed by atoms with E-state index in [4.69, 9.17) is 30.0 Å². The Kier molecular flexibility index (Phi) is 8.24. The molecule has 0 amide bonds. The summed E-state index contributed by atoms with van der Waals surface area (Å²) < 4.78 is 0. The summed E-state index contributed by atoms with van der Waals surface area (Å²) >= 11 is 0. The van der Waals surface area contributed by atoms with Crippen LogP contribution in [0.3, 0.4) is 0 Å². The fourth-order valence-electron chi connectivity index (χ4n) is 0.349. The summed E-state index contributed by atoms with van der Waals surface area (Å²) in [5, 5.41) is 34.1. The van der Waals surface area contributed by atoms with Gasteiger partial charge in [-0.3, -0.25) is 5.32 Å². The normalized spacial score (nSPS) is 13.5. The summed E-state index contributed by atoms with van der Waals surface area (Å²) in [4.78, 5) is 18.2. The van der Waals surface area contributed by atoms with E-state index in [1.807, 2.05) is 0 Å². The number of rotatable bonds is 2. The monoisotopic (exact) mass is 195 g/mol. The Morgan fingerprint density at radius 2 is 1.23 bits per heavy atom. The number of aliphatic hydroxyl groups excluding tert-OH is 2. The third-order valence-electron chi connectivity index (χ3n) is 0.665. The van der Waals surface area contributed by atoms with Crippen LogP contribution in [0, 0.1) is 0 Å². The van der Waals surface area contributed by atoms with Crippen LogP contribution in [0.5, 0.6) is 0 Å². The number of aliphatic hydroxyl groups is 2. The van der Waals surface area contributed by atoms with Crippen LogP contribution >= 0.6 is 0 Å². The minimum absolute atomic E-state index is 0.625. The lowest BCUT2D eigenvalue weighted by molar-refractivity contribution is -0.159. The second kappa shape index (κ2) is 7.47. The molecule has 5 N–H and O–H groups in total. The molecular weight excluding hydrogens is 182 g/mol. The number of hydrogen-bond acceptors (Lipinski definition) is 5. The van der Waals surface area contributed by atoms with Crippen molar-refractivity contribution in [3.63, 3.8) is 0 Å². The molecular formula is C6H13NO6. The van der Waals surface area contributed by atoms with Gasteiger partial charge in [0.15, 0.2) is 0 Å². The van der Waals surface area contributed by atoms with Gasteiger partial charge in [-0.1, -0.05) is 0 Å². The van der Waals surface area contributed by atoms with Crippen LogP contribution in [0.25, 0.3) is 0 Å². The van der Waals surface area contributed by atoms with E-state index in [1.165, 1.54) is 0 Å². The molecule has 2 atom stereocenters. The molecule has 0 saturated heterocycles. The van der Waals surface area contributed by atoms with Crippen molar-refractivity contribution < 1.29 is 30.0 Å². The third kappa shape index (κ3) is 18.1. The molecule has 2 unspecified atom stereocenters. The molecule has 0 aromatic rings. The first-order chi connectivity index (χ1) is 5.77. The molecule has 0 aliphatic carbocycles. The van der Waals surface area contributed by atoms with Crippen molar-refractivity contribution in [1.82, 2.24) is 5.32 Å². The lowest BCUT2D eigenvalue weighted by Gasteiger charge is -2.08. The van der Waals surface area contributed by atoms with Crippen molar-refractivity contribution in [2.45, 2.75) is 26.3 Å². The Bertz CT molecular complexity index is 149. The third-order valence-corrected chi connectivity index (χ3v) is 0.665. The smallest absolute Gasteiger partial charge is 0.414 e. The van der Waals surface area contributed by atoms with Crippen molar-refractivity contribution in [2.75, 3.05) is 0 Å². The molecule has 0 rings (SSSR count). The van der Waals surface area contributed by atoms with Crippen LogP contribution in [0.2, 0.25) is 0 Å². The van der Waals surface area contributed by atoms with Crippen molar-refractivity contribution in [1.29, 1.82) is 0 Å². The highest BCUT2D eigenvalue weighted by Crippen LogP contribution is 1.74. The summed E-state index contributed by atoms with van der Waals surface area (Å²) in [5.41, 5.74) is 0. The average molecular weight is 195 g/mol. The standard InChI is InChI=1S/C4H11NO2.C2H2O4/c1-3(6)5-4(2)7;3-1(4)2(5)6/h3-7H,1-2H3;(H,3,4)(H,5,6). The van der Waals surface area contributed by atoms with E-state index < -0.39 is 24.4 Å². The second-order valence-electron chi connectivity index (χ2n) is 2.13. The van der Waals surface area contributed by atoms with Gasteiger partial charge in [0.2, 0.25) is 0 Å². The molecule has 0 aromatic heterocycles. The van der Waals surface area contributed by atoms with Crippen LogP contribution in [0.15, 0.2) is 0 Å². The van der Waals surface area contributed by atoms with Crippen molar-refractivity contribution >= 4 is 11.9 Å². The van der Waals surface area contributed by atoms with Gasteiger partial charge in [0.1, 0.15) is 12.5 Å². The average Bonchev–Trinajstić information content (AvgIpc) is 1.84. The molecule has 0 radical (unpaired) electrons. The molecule has 78 valence electrons. The molecule has 0 saturated carbocycles. The second-order valence-corrected chi connectivity index (χ2v) is 2.13. The summed E-state index contributed by atoms with van der Waals surface area (Å²) in [7, 11) is 0. The van der Waals surface area contributed by atoms with Gasteiger partial charge in [-0.15, -0.1) is 0 Å². The summed E-state index contributed by atoms with van der Waals surface area (Å²) in [6.07, 6.45) is -1.25. The SMILES string of the molecule is CC(O)NC(C)O.O=C(O)C(=O)O. The van der Waals surface area contributed by atoms with E-state index in [2.05, 4.69) is 5.32 Å². The Morgan fingerprint density at radius 3 is 1.23 bits per heavy atom. The predicted octanol–water partition coefficient (Wildman–Crippen LogP) is -1.59. The van der Waals surface area contributed by atoms with Gasteiger partial charge in [0.25, 0.3) is 0 Å². The first-order valence-electron chi connectivity index (χ1n) is 3.35. The summed E-state index contributed by atoms with van der Waals surface area (Å²) in [6, 6.07) is 0. The zero-order valence-corrected chi connectivity index (χ0v) is 7.26.